The van der Waals surface area contributed by atoms with Crippen molar-refractivity contribution >= 4 is 22.7 Å². The first kappa shape index (κ1) is 20.2. The van der Waals surface area contributed by atoms with Crippen LogP contribution in [0, 0.1) is 6.92 Å². The molecule has 5 heteroatoms. The Bertz CT molecular complexity index is 1200. The zero-order valence-electron chi connectivity index (χ0n) is 17.2. The van der Waals surface area contributed by atoms with Gasteiger partial charge in [0.1, 0.15) is 5.75 Å². The maximum absolute atomic E-state index is 13.2. The number of benzene rings is 3. The standard InChI is InChI=1S/C25H24N2O2S/c1-18-7-9-20(10-8-18)17-27-24(28)22-5-3-4-6-23(22)26-25(27)30-16-15-19-11-13-21(29-2)14-12-19/h3-14H,15-17H2,1-2H3. The SMILES string of the molecule is COc1ccc(CCSc2nc3ccccc3c(=O)n2Cc2ccc(C)cc2)cc1. The molecular formula is C25H24N2O2S. The summed E-state index contributed by atoms with van der Waals surface area (Å²) in [7, 11) is 1.67. The van der Waals surface area contributed by atoms with Crippen molar-refractivity contribution in [3.8, 4) is 5.75 Å². The van der Waals surface area contributed by atoms with Gasteiger partial charge in [0.15, 0.2) is 5.16 Å². The number of hydrogen-bond acceptors (Lipinski definition) is 4. The molecule has 4 aromatic rings. The number of nitrogens with zero attached hydrogens (tertiary/aromatic N) is 2. The molecule has 0 saturated heterocycles. The van der Waals surface area contributed by atoms with E-state index in [1.807, 2.05) is 36.4 Å². The molecule has 1 heterocycles. The minimum atomic E-state index is 0.00752. The molecule has 3 aromatic carbocycles. The van der Waals surface area contributed by atoms with Crippen molar-refractivity contribution in [2.45, 2.75) is 25.0 Å². The first-order valence-electron chi connectivity index (χ1n) is 9.95. The van der Waals surface area contributed by atoms with Crippen LogP contribution in [0.1, 0.15) is 16.7 Å². The number of thioether (sulfide) groups is 1. The van der Waals surface area contributed by atoms with E-state index in [0.717, 1.165) is 34.2 Å². The van der Waals surface area contributed by atoms with Crippen LogP contribution in [0.15, 0.2) is 82.7 Å². The number of para-hydroxylation sites is 1. The molecular weight excluding hydrogens is 392 g/mol. The van der Waals surface area contributed by atoms with Gasteiger partial charge in [0.25, 0.3) is 5.56 Å². The lowest BCUT2D eigenvalue weighted by Gasteiger charge is -2.13. The fraction of sp³-hybridized carbons (Fsp3) is 0.200. The quantitative estimate of drug-likeness (QED) is 0.311. The predicted molar refractivity (Wildman–Crippen MR) is 124 cm³/mol. The van der Waals surface area contributed by atoms with Crippen molar-refractivity contribution < 1.29 is 4.74 Å². The highest BCUT2D eigenvalue weighted by molar-refractivity contribution is 7.99. The van der Waals surface area contributed by atoms with E-state index in [1.54, 1.807) is 23.4 Å². The number of aryl methyl sites for hydroxylation is 2. The number of hydrogen-bond donors (Lipinski definition) is 0. The van der Waals surface area contributed by atoms with E-state index in [9.17, 15) is 4.79 Å². The summed E-state index contributed by atoms with van der Waals surface area (Å²) in [5, 5.41) is 1.41. The van der Waals surface area contributed by atoms with E-state index in [0.29, 0.717) is 11.9 Å². The maximum Gasteiger partial charge on any atom is 0.262 e. The van der Waals surface area contributed by atoms with Gasteiger partial charge >= 0.3 is 0 Å². The Morgan fingerprint density at radius 3 is 2.37 bits per heavy atom. The van der Waals surface area contributed by atoms with Gasteiger partial charge in [0.05, 0.1) is 24.6 Å². The number of rotatable bonds is 7. The third kappa shape index (κ3) is 4.57. The molecule has 0 fully saturated rings. The minimum absolute atomic E-state index is 0.00752. The van der Waals surface area contributed by atoms with Gasteiger partial charge in [-0.05, 0) is 48.7 Å². The largest absolute Gasteiger partial charge is 0.497 e. The second-order valence-electron chi connectivity index (χ2n) is 7.23. The number of aromatic nitrogens is 2. The molecule has 0 amide bonds. The van der Waals surface area contributed by atoms with Crippen molar-refractivity contribution in [3.05, 3.63) is 99.8 Å². The summed E-state index contributed by atoms with van der Waals surface area (Å²) in [5.74, 6) is 1.69. The molecule has 0 atom stereocenters. The highest BCUT2D eigenvalue weighted by atomic mass is 32.2. The second kappa shape index (κ2) is 9.18. The van der Waals surface area contributed by atoms with Crippen LogP contribution in [0.3, 0.4) is 0 Å². The number of fused-ring (bicyclic) bond motifs is 1. The van der Waals surface area contributed by atoms with Crippen molar-refractivity contribution in [1.82, 2.24) is 9.55 Å². The Balaban J connectivity index is 1.61. The van der Waals surface area contributed by atoms with Crippen molar-refractivity contribution in [1.29, 1.82) is 0 Å². The smallest absolute Gasteiger partial charge is 0.262 e. The summed E-state index contributed by atoms with van der Waals surface area (Å²) in [6.07, 6.45) is 0.891. The van der Waals surface area contributed by atoms with E-state index < -0.39 is 0 Å². The zero-order chi connectivity index (χ0) is 20.9. The van der Waals surface area contributed by atoms with E-state index in [-0.39, 0.29) is 5.56 Å². The maximum atomic E-state index is 13.2. The van der Waals surface area contributed by atoms with Crippen LogP contribution in [0.25, 0.3) is 10.9 Å². The third-order valence-electron chi connectivity index (χ3n) is 5.07. The lowest BCUT2D eigenvalue weighted by atomic mass is 10.1. The third-order valence-corrected chi connectivity index (χ3v) is 6.05. The van der Waals surface area contributed by atoms with Gasteiger partial charge in [0, 0.05) is 5.75 Å². The average molecular weight is 417 g/mol. The molecule has 0 N–H and O–H groups in total. The Morgan fingerprint density at radius 1 is 0.933 bits per heavy atom. The molecule has 0 aliphatic carbocycles. The summed E-state index contributed by atoms with van der Waals surface area (Å²) in [6.45, 7) is 2.58. The van der Waals surface area contributed by atoms with E-state index >= 15 is 0 Å². The van der Waals surface area contributed by atoms with Crippen molar-refractivity contribution in [2.75, 3.05) is 12.9 Å². The van der Waals surface area contributed by atoms with E-state index in [4.69, 9.17) is 9.72 Å². The van der Waals surface area contributed by atoms with Crippen LogP contribution >= 0.6 is 11.8 Å². The molecule has 0 aliphatic rings. The predicted octanol–water partition coefficient (Wildman–Crippen LogP) is 5.10. The average Bonchev–Trinajstić information content (AvgIpc) is 2.78. The van der Waals surface area contributed by atoms with Gasteiger partial charge in [-0.25, -0.2) is 4.98 Å². The number of ether oxygens (including phenoxy) is 1. The van der Waals surface area contributed by atoms with Crippen molar-refractivity contribution in [2.24, 2.45) is 0 Å². The topological polar surface area (TPSA) is 44.1 Å². The molecule has 0 spiro atoms. The fourth-order valence-electron chi connectivity index (χ4n) is 3.33. The molecule has 152 valence electrons. The molecule has 0 saturated carbocycles. The van der Waals surface area contributed by atoms with Gasteiger partial charge in [-0.1, -0.05) is 65.9 Å². The van der Waals surface area contributed by atoms with Crippen LogP contribution in [-0.2, 0) is 13.0 Å². The Labute approximate surface area is 180 Å². The normalized spacial score (nSPS) is 11.0. The van der Waals surface area contributed by atoms with Crippen LogP contribution in [-0.4, -0.2) is 22.4 Å². The summed E-state index contributed by atoms with van der Waals surface area (Å²) in [4.78, 5) is 18.0. The summed E-state index contributed by atoms with van der Waals surface area (Å²) < 4.78 is 7.02. The van der Waals surface area contributed by atoms with E-state index in [2.05, 4.69) is 43.3 Å². The number of methoxy groups -OCH3 is 1. The van der Waals surface area contributed by atoms with Crippen LogP contribution < -0.4 is 10.3 Å². The molecule has 1 aromatic heterocycles. The summed E-state index contributed by atoms with van der Waals surface area (Å²) in [6, 6.07) is 24.0. The second-order valence-corrected chi connectivity index (χ2v) is 8.30. The highest BCUT2D eigenvalue weighted by Gasteiger charge is 2.12. The fourth-order valence-corrected chi connectivity index (χ4v) is 4.31. The molecule has 0 aliphatic heterocycles. The lowest BCUT2D eigenvalue weighted by Crippen LogP contribution is -2.24. The Kier molecular flexibility index (Phi) is 6.19. The molecule has 0 bridgehead atoms. The first-order chi connectivity index (χ1) is 14.6. The first-order valence-corrected chi connectivity index (χ1v) is 10.9. The summed E-state index contributed by atoms with van der Waals surface area (Å²) >= 11 is 1.62. The van der Waals surface area contributed by atoms with E-state index in [1.165, 1.54) is 11.1 Å². The molecule has 0 unspecified atom stereocenters. The van der Waals surface area contributed by atoms with Gasteiger partial charge < -0.3 is 4.74 Å². The van der Waals surface area contributed by atoms with Crippen LogP contribution in [0.2, 0.25) is 0 Å². The van der Waals surface area contributed by atoms with Crippen LogP contribution in [0.4, 0.5) is 0 Å². The molecule has 0 radical (unpaired) electrons. The van der Waals surface area contributed by atoms with Gasteiger partial charge in [-0.3, -0.25) is 9.36 Å². The Hall–Kier alpha value is -3.05. The minimum Gasteiger partial charge on any atom is -0.497 e. The van der Waals surface area contributed by atoms with Gasteiger partial charge in [0.2, 0.25) is 0 Å². The van der Waals surface area contributed by atoms with Gasteiger partial charge in [-0.2, -0.15) is 0 Å². The van der Waals surface area contributed by atoms with Crippen LogP contribution in [0.5, 0.6) is 5.75 Å². The zero-order valence-corrected chi connectivity index (χ0v) is 18.0. The van der Waals surface area contributed by atoms with Crippen molar-refractivity contribution in [3.63, 3.8) is 0 Å². The molecule has 30 heavy (non-hydrogen) atoms. The summed E-state index contributed by atoms with van der Waals surface area (Å²) in [5.41, 5.74) is 4.29. The molecule has 4 rings (SSSR count). The highest BCUT2D eigenvalue weighted by Crippen LogP contribution is 2.21. The molecule has 4 nitrogen and oxygen atoms in total. The van der Waals surface area contributed by atoms with Gasteiger partial charge in [-0.15, -0.1) is 0 Å². The lowest BCUT2D eigenvalue weighted by molar-refractivity contribution is 0.414. The monoisotopic (exact) mass is 416 g/mol. The Morgan fingerprint density at radius 2 is 1.63 bits per heavy atom.